The molecule has 284 valence electrons. The summed E-state index contributed by atoms with van der Waals surface area (Å²) in [4.78, 5) is 187. The van der Waals surface area contributed by atoms with E-state index in [9.17, 15) is 0 Å². The van der Waals surface area contributed by atoms with Crippen molar-refractivity contribution in [1.82, 2.24) is 0 Å². The number of hydrogen-bond acceptors (Lipinski definition) is 33. The van der Waals surface area contributed by atoms with Gasteiger partial charge in [0.15, 0.2) is 0 Å². The van der Waals surface area contributed by atoms with Crippen molar-refractivity contribution in [2.75, 3.05) is 0 Å². The van der Waals surface area contributed by atoms with E-state index in [1.165, 1.54) is 0 Å². The van der Waals surface area contributed by atoms with E-state index in [0.717, 1.165) is 0 Å². The van der Waals surface area contributed by atoms with E-state index in [1.807, 2.05) is 0 Å². The van der Waals surface area contributed by atoms with Crippen molar-refractivity contribution >= 4 is 136 Å². The van der Waals surface area contributed by atoms with Gasteiger partial charge in [0.25, 0.3) is 0 Å². The van der Waals surface area contributed by atoms with Gasteiger partial charge in [0.2, 0.25) is 0 Å². The van der Waals surface area contributed by atoms with Crippen molar-refractivity contribution < 1.29 is 422 Å². The van der Waals surface area contributed by atoms with Gasteiger partial charge in [-0.05, 0) is 0 Å². The molecule has 0 spiro atoms. The average molecular weight is 1250 g/mol. The Hall–Kier alpha value is 5.40. The fourth-order valence-electron chi connectivity index (χ4n) is 0. The molecule has 33 nitrogen and oxygen atoms in total. The Morgan fingerprint density at radius 2 is 0.214 bits per heavy atom. The van der Waals surface area contributed by atoms with Crippen LogP contribution in [0.15, 0.2) is 0 Å². The normalized spacial score (nSPS) is 4.71. The third-order valence-electron chi connectivity index (χ3n) is 0. The Bertz CT molecular complexity index is 590. The summed E-state index contributed by atoms with van der Waals surface area (Å²) < 4.78 is 93.7. The zero-order valence-electron chi connectivity index (χ0n) is 27.6. The van der Waals surface area contributed by atoms with Gasteiger partial charge >= 0.3 is 303 Å². The van der Waals surface area contributed by atoms with Crippen LogP contribution in [0.5, 0.6) is 0 Å². The summed E-state index contributed by atoms with van der Waals surface area (Å²) in [5.41, 5.74) is 0. The first kappa shape index (κ1) is 152. The third kappa shape index (κ3) is 6960. The van der Waals surface area contributed by atoms with Crippen LogP contribution in [0.4, 0.5) is 0 Å². The fourth-order valence-corrected chi connectivity index (χ4v) is 0. The first-order valence-electron chi connectivity index (χ1n) is 6.74. The molecule has 56 heteroatoms. The minimum atomic E-state index is -3.63. The second-order valence-corrected chi connectivity index (χ2v) is 8.25. The van der Waals surface area contributed by atoms with E-state index in [-0.39, 0.29) is 303 Å². The first-order valence-corrected chi connectivity index (χ1v) is 20.2. The second kappa shape index (κ2) is 145. The van der Waals surface area contributed by atoms with E-state index in [4.69, 9.17) is 155 Å². The summed E-state index contributed by atoms with van der Waals surface area (Å²) in [7, 11) is -39.9. The van der Waals surface area contributed by atoms with Gasteiger partial charge in [0, 0.05) is 101 Å². The molecule has 0 saturated carbocycles. The van der Waals surface area contributed by atoms with Gasteiger partial charge < -0.3 is 155 Å². The van der Waals surface area contributed by atoms with Crippen LogP contribution in [0.2, 0.25) is 0 Å². The van der Waals surface area contributed by atoms with Gasteiger partial charge in [0.05, 0.1) is 0 Å². The van der Waals surface area contributed by atoms with E-state index >= 15 is 0 Å². The molecule has 0 aliphatic carbocycles. The van der Waals surface area contributed by atoms with Gasteiger partial charge in [-0.25, -0.2) is 0 Å². The molecule has 0 saturated heterocycles. The molecule has 0 rings (SSSR count). The molecule has 0 atom stereocenters. The van der Waals surface area contributed by atoms with E-state index in [2.05, 4.69) is 0 Å². The minimum Gasteiger partial charge on any atom is -0.672 e. The molecule has 0 heterocycles. The quantitative estimate of drug-likeness (QED) is 0.203. The van der Waals surface area contributed by atoms with Crippen LogP contribution in [0.1, 0.15) is 0 Å². The van der Waals surface area contributed by atoms with E-state index in [1.54, 1.807) is 0 Å². The molecule has 0 N–H and O–H groups in total. The van der Waals surface area contributed by atoms with Crippen LogP contribution >= 0.6 is 0 Å². The Morgan fingerprint density at radius 3 is 0.214 bits per heavy atom. The Kier molecular flexibility index (Phi) is 392. The number of rotatable bonds is 0. The summed E-state index contributed by atoms with van der Waals surface area (Å²) in [5.74, 6) is 0. The van der Waals surface area contributed by atoms with Crippen LogP contribution in [0, 0.1) is 0 Å². The van der Waals surface area contributed by atoms with Crippen LogP contribution in [0.3, 0.4) is 0 Å². The standard InChI is InChI=1S/2Al.2Fe.2K.2Li.2Mn.2Na.11O3Si/c;;;;;;;;;;;;11*1-4(2)3/q4*+3;4*+1;2*+2;2*+1;11*-2. The second-order valence-electron chi connectivity index (χ2n) is 2.75. The monoisotopic (exact) mass is 1250 g/mol. The molecule has 0 aliphatic heterocycles. The molecule has 0 unspecified atom stereocenters. The molecule has 0 bridgehead atoms. The summed E-state index contributed by atoms with van der Waals surface area (Å²) in [6, 6.07) is 0. The Morgan fingerprint density at radius 1 is 0.214 bits per heavy atom. The Labute approximate surface area is 546 Å². The van der Waals surface area contributed by atoms with Crippen molar-refractivity contribution in [2.24, 2.45) is 0 Å². The predicted octanol–water partition coefficient (Wildman–Crippen LogP) is -50.4. The van der Waals surface area contributed by atoms with Crippen molar-refractivity contribution in [2.45, 2.75) is 0 Å². The van der Waals surface area contributed by atoms with Crippen molar-refractivity contribution in [1.29, 1.82) is 0 Å². The van der Waals surface area contributed by atoms with Crippen molar-refractivity contribution in [3.8, 4) is 0 Å². The third-order valence-corrected chi connectivity index (χ3v) is 0. The molecular formula is Al2Fe2K2Li2Mn2Na2O33Si11. The predicted molar refractivity (Wildman–Crippen MR) is 82.4 cm³/mol. The molecule has 0 aromatic rings. The topological polar surface area (TPSA) is 695 Å². The van der Waals surface area contributed by atoms with Crippen LogP contribution in [-0.2, 0) is 117 Å². The van der Waals surface area contributed by atoms with Crippen LogP contribution in [-0.4, -0.2) is 136 Å². The molecular weight excluding hydrogens is 1250 g/mol. The van der Waals surface area contributed by atoms with Gasteiger partial charge in [-0.1, -0.05) is 0 Å². The molecule has 0 fully saturated rings. The smallest absolute Gasteiger partial charge is 0.672 e. The van der Waals surface area contributed by atoms with E-state index < -0.39 is 101 Å². The zero-order chi connectivity index (χ0) is 39.4. The Balaban J connectivity index is -0.00000000997. The van der Waals surface area contributed by atoms with Crippen LogP contribution < -0.4 is 305 Å². The van der Waals surface area contributed by atoms with Gasteiger partial charge in [-0.2, -0.15) is 0 Å². The van der Waals surface area contributed by atoms with Crippen LogP contribution in [0.25, 0.3) is 0 Å². The van der Waals surface area contributed by atoms with Gasteiger partial charge in [-0.3, -0.25) is 0 Å². The molecule has 0 aromatic carbocycles. The molecule has 56 heavy (non-hydrogen) atoms. The molecule has 4 radical (unpaired) electrons. The summed E-state index contributed by atoms with van der Waals surface area (Å²) in [5, 5.41) is 0. The zero-order valence-corrected chi connectivity index (χ0v) is 55.7. The van der Waals surface area contributed by atoms with E-state index in [0.29, 0.717) is 0 Å². The fraction of sp³-hybridized carbons (Fsp3) is 0. The molecule has 0 amide bonds. The summed E-state index contributed by atoms with van der Waals surface area (Å²) in [6.45, 7) is 0. The minimum absolute atomic E-state index is 0. The van der Waals surface area contributed by atoms with Gasteiger partial charge in [-0.15, -0.1) is 0 Å². The molecule has 0 aliphatic rings. The summed E-state index contributed by atoms with van der Waals surface area (Å²) >= 11 is 0. The SMILES string of the molecule is O=[Si]([O-])[O-].O=[Si]([O-])[O-].O=[Si]([O-])[O-].O=[Si]([O-])[O-].O=[Si]([O-])[O-].O=[Si]([O-])[O-].O=[Si]([O-])[O-].O=[Si]([O-])[O-].O=[Si]([O-])[O-].O=[Si]([O-])[O-].O=[Si]([O-])[O-].[Al+3].[Al+3].[Fe+3].[Fe+3].[K+].[K+].[Li+].[Li+].[Mn+2].[Mn+2].[Na+].[Na+]. The summed E-state index contributed by atoms with van der Waals surface area (Å²) in [6.07, 6.45) is 0. The maximum Gasteiger partial charge on any atom is 3.00 e. The molecule has 0 aromatic heterocycles. The first-order chi connectivity index (χ1) is 19.1. The van der Waals surface area contributed by atoms with Crippen molar-refractivity contribution in [3.05, 3.63) is 0 Å². The maximum absolute atomic E-state index is 8.52. The maximum atomic E-state index is 8.52. The largest absolute Gasteiger partial charge is 3.00 e. The number of hydrogen-bond donors (Lipinski definition) is 0. The average Bonchev–Trinajstić information content (AvgIpc) is 2.55. The van der Waals surface area contributed by atoms with Crippen molar-refractivity contribution in [3.63, 3.8) is 0 Å². The van der Waals surface area contributed by atoms with Gasteiger partial charge in [0.1, 0.15) is 0 Å².